The van der Waals surface area contributed by atoms with Crippen LogP contribution in [0.1, 0.15) is 12.5 Å². The van der Waals surface area contributed by atoms with Crippen LogP contribution in [0.25, 0.3) is 0 Å². The topological polar surface area (TPSA) is 76.0 Å². The second-order valence-electron chi connectivity index (χ2n) is 4.47. The maximum atomic E-state index is 12.3. The normalized spacial score (nSPS) is 11.6. The Hall–Kier alpha value is -1.57. The predicted octanol–water partition coefficient (Wildman–Crippen LogP) is 2.08. The van der Waals surface area contributed by atoms with Crippen molar-refractivity contribution < 1.29 is 8.42 Å². The van der Waals surface area contributed by atoms with Crippen molar-refractivity contribution in [3.63, 3.8) is 0 Å². The highest BCUT2D eigenvalue weighted by Gasteiger charge is 2.16. The van der Waals surface area contributed by atoms with Gasteiger partial charge in [-0.05, 0) is 31.7 Å². The second-order valence-corrected chi connectivity index (χ2v) is 6.56. The molecule has 0 unspecified atom stereocenters. The smallest absolute Gasteiger partial charge is 0.262 e. The lowest BCUT2D eigenvalue weighted by Crippen LogP contribution is -2.13. The number of nitrogens with one attached hydrogen (secondary N) is 2. The van der Waals surface area contributed by atoms with Crippen LogP contribution in [0, 0.1) is 0 Å². The molecule has 0 saturated heterocycles. The minimum absolute atomic E-state index is 0.122. The monoisotopic (exact) mass is 328 g/mol. The molecule has 0 aliphatic heterocycles. The summed E-state index contributed by atoms with van der Waals surface area (Å²) in [5.41, 5.74) is 1.27. The average molecular weight is 329 g/mol. The maximum absolute atomic E-state index is 12.3. The van der Waals surface area contributed by atoms with Crippen molar-refractivity contribution in [1.29, 1.82) is 0 Å². The summed E-state index contributed by atoms with van der Waals surface area (Å²) in [7, 11) is -1.87. The molecular weight excluding hydrogens is 312 g/mol. The number of benzene rings is 1. The fourth-order valence-electron chi connectivity index (χ4n) is 1.83. The molecule has 0 atom stereocenters. The molecule has 0 bridgehead atoms. The van der Waals surface area contributed by atoms with Crippen LogP contribution in [0.3, 0.4) is 0 Å². The number of halogens is 1. The zero-order valence-electron chi connectivity index (χ0n) is 11.8. The number of hydrogen-bond donors (Lipinski definition) is 2. The summed E-state index contributed by atoms with van der Waals surface area (Å²) in [6.45, 7) is 3.17. The maximum Gasteiger partial charge on any atom is 0.262 e. The highest BCUT2D eigenvalue weighted by Crippen LogP contribution is 2.22. The van der Waals surface area contributed by atoms with Crippen molar-refractivity contribution in [2.24, 2.45) is 0 Å². The fourth-order valence-corrected chi connectivity index (χ4v) is 3.20. The molecule has 1 aromatic heterocycles. The Labute approximate surface area is 129 Å². The molecule has 114 valence electrons. The first-order valence-corrected chi connectivity index (χ1v) is 8.30. The first-order chi connectivity index (χ1) is 9.96. The lowest BCUT2D eigenvalue weighted by Gasteiger charge is -2.09. The number of sulfonamides is 1. The average Bonchev–Trinajstić information content (AvgIpc) is 2.88. The van der Waals surface area contributed by atoms with Crippen LogP contribution in [0.15, 0.2) is 35.5 Å². The van der Waals surface area contributed by atoms with E-state index in [2.05, 4.69) is 15.1 Å². The van der Waals surface area contributed by atoms with Crippen LogP contribution in [0.2, 0.25) is 5.02 Å². The third-order valence-electron chi connectivity index (χ3n) is 2.91. The van der Waals surface area contributed by atoms with Gasteiger partial charge in [0.25, 0.3) is 10.0 Å². The molecule has 1 aromatic carbocycles. The van der Waals surface area contributed by atoms with Gasteiger partial charge in [0, 0.05) is 24.3 Å². The third kappa shape index (κ3) is 3.75. The van der Waals surface area contributed by atoms with Crippen molar-refractivity contribution in [1.82, 2.24) is 15.1 Å². The molecular formula is C13H17ClN4O2S. The number of anilines is 1. The van der Waals surface area contributed by atoms with Gasteiger partial charge in [-0.1, -0.05) is 17.7 Å². The van der Waals surface area contributed by atoms with Crippen molar-refractivity contribution in [2.75, 3.05) is 11.8 Å². The standard InChI is InChI=1S/C13H17ClN4O2S/c1-3-18-9-11(8-16-18)17-21(19,20)12-5-4-10(7-15-2)13(14)6-12/h4-6,8-9,15,17H,3,7H2,1-2H3. The summed E-state index contributed by atoms with van der Waals surface area (Å²) < 4.78 is 28.7. The zero-order chi connectivity index (χ0) is 15.5. The highest BCUT2D eigenvalue weighted by atomic mass is 35.5. The summed E-state index contributed by atoms with van der Waals surface area (Å²) in [5.74, 6) is 0. The van der Waals surface area contributed by atoms with Crippen LogP contribution in [-0.2, 0) is 23.1 Å². The third-order valence-corrected chi connectivity index (χ3v) is 4.64. The minimum Gasteiger partial charge on any atom is -0.316 e. The van der Waals surface area contributed by atoms with E-state index in [0.717, 1.165) is 5.56 Å². The molecule has 0 aliphatic carbocycles. The van der Waals surface area contributed by atoms with E-state index in [0.29, 0.717) is 23.8 Å². The Kier molecular flexibility index (Phi) is 4.87. The molecule has 2 N–H and O–H groups in total. The molecule has 2 aromatic rings. The largest absolute Gasteiger partial charge is 0.316 e. The van der Waals surface area contributed by atoms with Gasteiger partial charge in [0.05, 0.1) is 16.8 Å². The van der Waals surface area contributed by atoms with Gasteiger partial charge >= 0.3 is 0 Å². The van der Waals surface area contributed by atoms with Crippen molar-refractivity contribution in [3.05, 3.63) is 41.2 Å². The number of aromatic nitrogens is 2. The Balaban J connectivity index is 2.24. The van der Waals surface area contributed by atoms with Crippen LogP contribution in [0.5, 0.6) is 0 Å². The Bertz CT molecular complexity index is 728. The van der Waals surface area contributed by atoms with E-state index in [4.69, 9.17) is 11.6 Å². The minimum atomic E-state index is -3.67. The fraction of sp³-hybridized carbons (Fsp3) is 0.308. The molecule has 0 amide bonds. The summed E-state index contributed by atoms with van der Waals surface area (Å²) >= 11 is 6.10. The molecule has 8 heteroatoms. The van der Waals surface area contributed by atoms with E-state index < -0.39 is 10.0 Å². The summed E-state index contributed by atoms with van der Waals surface area (Å²) in [4.78, 5) is 0.122. The van der Waals surface area contributed by atoms with Gasteiger partial charge in [-0.15, -0.1) is 0 Å². The number of rotatable bonds is 6. The highest BCUT2D eigenvalue weighted by molar-refractivity contribution is 7.92. The molecule has 2 rings (SSSR count). The first kappa shape index (κ1) is 15.8. The summed E-state index contributed by atoms with van der Waals surface area (Å²) in [6.07, 6.45) is 3.10. The molecule has 1 heterocycles. The van der Waals surface area contributed by atoms with Gasteiger partial charge < -0.3 is 5.32 Å². The molecule has 0 aliphatic rings. The lowest BCUT2D eigenvalue weighted by atomic mass is 10.2. The van der Waals surface area contributed by atoms with E-state index in [1.54, 1.807) is 24.0 Å². The van der Waals surface area contributed by atoms with Crippen LogP contribution < -0.4 is 10.0 Å². The van der Waals surface area contributed by atoms with Gasteiger partial charge in [0.15, 0.2) is 0 Å². The Morgan fingerprint density at radius 2 is 2.14 bits per heavy atom. The molecule has 21 heavy (non-hydrogen) atoms. The summed E-state index contributed by atoms with van der Waals surface area (Å²) in [5, 5.41) is 7.41. The molecule has 0 radical (unpaired) electrons. The first-order valence-electron chi connectivity index (χ1n) is 6.44. The van der Waals surface area contributed by atoms with E-state index in [-0.39, 0.29) is 4.90 Å². The summed E-state index contributed by atoms with van der Waals surface area (Å²) in [6, 6.07) is 4.68. The molecule has 0 spiro atoms. The zero-order valence-corrected chi connectivity index (χ0v) is 13.4. The van der Waals surface area contributed by atoms with E-state index >= 15 is 0 Å². The van der Waals surface area contributed by atoms with Crippen molar-refractivity contribution >= 4 is 27.3 Å². The Morgan fingerprint density at radius 3 is 2.71 bits per heavy atom. The van der Waals surface area contributed by atoms with E-state index in [1.807, 2.05) is 6.92 Å². The van der Waals surface area contributed by atoms with Gasteiger partial charge in [-0.25, -0.2) is 8.42 Å². The second kappa shape index (κ2) is 6.46. The number of nitrogens with zero attached hydrogens (tertiary/aromatic N) is 2. The number of hydrogen-bond acceptors (Lipinski definition) is 4. The quantitative estimate of drug-likeness (QED) is 0.851. The van der Waals surface area contributed by atoms with Crippen LogP contribution in [0.4, 0.5) is 5.69 Å². The predicted molar refractivity (Wildman–Crippen MR) is 82.9 cm³/mol. The van der Waals surface area contributed by atoms with Gasteiger partial charge in [-0.3, -0.25) is 9.40 Å². The SMILES string of the molecule is CCn1cc(NS(=O)(=O)c2ccc(CNC)c(Cl)c2)cn1. The van der Waals surface area contributed by atoms with Crippen molar-refractivity contribution in [2.45, 2.75) is 24.9 Å². The van der Waals surface area contributed by atoms with Crippen LogP contribution in [-0.4, -0.2) is 25.2 Å². The molecule has 0 saturated carbocycles. The van der Waals surface area contributed by atoms with Crippen LogP contribution >= 0.6 is 11.6 Å². The molecule has 6 nitrogen and oxygen atoms in total. The Morgan fingerprint density at radius 1 is 1.38 bits per heavy atom. The van der Waals surface area contributed by atoms with Gasteiger partial charge in [0.1, 0.15) is 0 Å². The number of aryl methyl sites for hydroxylation is 1. The van der Waals surface area contributed by atoms with Gasteiger partial charge in [-0.2, -0.15) is 5.10 Å². The molecule has 0 fully saturated rings. The van der Waals surface area contributed by atoms with Gasteiger partial charge in [0.2, 0.25) is 0 Å². The van der Waals surface area contributed by atoms with E-state index in [9.17, 15) is 8.42 Å². The van der Waals surface area contributed by atoms with Crippen molar-refractivity contribution in [3.8, 4) is 0 Å². The van der Waals surface area contributed by atoms with E-state index in [1.165, 1.54) is 18.3 Å². The lowest BCUT2D eigenvalue weighted by molar-refractivity contribution is 0.601.